The van der Waals surface area contributed by atoms with Gasteiger partial charge in [-0.25, -0.2) is 4.98 Å². The van der Waals surface area contributed by atoms with Crippen LogP contribution in [0.2, 0.25) is 0 Å². The summed E-state index contributed by atoms with van der Waals surface area (Å²) in [6.07, 6.45) is 9.26. The number of rotatable bonds is 14. The number of piperidine rings is 1. The Labute approximate surface area is 258 Å². The van der Waals surface area contributed by atoms with Crippen molar-refractivity contribution in [2.45, 2.75) is 70.2 Å². The largest absolute Gasteiger partial charge is 0.373 e. The molecule has 1 aliphatic carbocycles. The maximum atomic E-state index is 13.9. The first-order valence-corrected chi connectivity index (χ1v) is 15.5. The molecule has 0 aromatic carbocycles. The van der Waals surface area contributed by atoms with Crippen molar-refractivity contribution in [3.63, 3.8) is 0 Å². The Bertz CT molecular complexity index is 1140. The molecular formula is C29H46N10O5. The van der Waals surface area contributed by atoms with Crippen molar-refractivity contribution in [2.24, 2.45) is 16.9 Å². The number of nitrogens with two attached hydrogens (primary N) is 1. The lowest BCUT2D eigenvalue weighted by molar-refractivity contribution is -0.140. The summed E-state index contributed by atoms with van der Waals surface area (Å²) >= 11 is 0. The second kappa shape index (κ2) is 16.3. The van der Waals surface area contributed by atoms with Gasteiger partial charge in [-0.2, -0.15) is 5.10 Å². The third-order valence-electron chi connectivity index (χ3n) is 7.96. The van der Waals surface area contributed by atoms with Crippen molar-refractivity contribution in [2.75, 3.05) is 52.4 Å². The summed E-state index contributed by atoms with van der Waals surface area (Å²) in [6.45, 7) is 7.70. The van der Waals surface area contributed by atoms with Crippen LogP contribution in [-0.4, -0.2) is 131 Å². The molecular weight excluding hydrogens is 568 g/mol. The van der Waals surface area contributed by atoms with Crippen molar-refractivity contribution in [3.05, 3.63) is 24.3 Å². The van der Waals surface area contributed by atoms with Gasteiger partial charge in [0.15, 0.2) is 0 Å². The van der Waals surface area contributed by atoms with Gasteiger partial charge >= 0.3 is 0 Å². The molecule has 0 spiro atoms. The molecule has 0 radical (unpaired) electrons. The number of aromatic nitrogens is 2. The highest BCUT2D eigenvalue weighted by atomic mass is 16.5. The summed E-state index contributed by atoms with van der Waals surface area (Å²) in [4.78, 5) is 66.3. The van der Waals surface area contributed by atoms with Crippen LogP contribution in [-0.2, 0) is 19.1 Å². The molecule has 5 N–H and O–H groups in total. The average Bonchev–Trinajstić information content (AvgIpc) is 3.83. The van der Waals surface area contributed by atoms with Crippen LogP contribution in [0.4, 0.5) is 0 Å². The Morgan fingerprint density at radius 1 is 1.11 bits per heavy atom. The summed E-state index contributed by atoms with van der Waals surface area (Å²) in [5, 5.41) is 12.2. The highest BCUT2D eigenvalue weighted by Crippen LogP contribution is 2.27. The summed E-state index contributed by atoms with van der Waals surface area (Å²) in [6, 6.07) is -1.04. The van der Waals surface area contributed by atoms with Gasteiger partial charge in [-0.3, -0.25) is 29.1 Å². The first-order valence-electron chi connectivity index (χ1n) is 15.5. The van der Waals surface area contributed by atoms with Crippen molar-refractivity contribution in [1.82, 2.24) is 40.6 Å². The molecule has 1 aromatic heterocycles. The molecule has 15 nitrogen and oxygen atoms in total. The van der Waals surface area contributed by atoms with Gasteiger partial charge in [0, 0.05) is 64.2 Å². The summed E-state index contributed by atoms with van der Waals surface area (Å²) in [5.74, 6) is 4.16. The maximum Gasteiger partial charge on any atom is 0.271 e. The molecule has 4 rings (SSSR count). The number of amides is 4. The molecule has 4 amide bonds. The van der Waals surface area contributed by atoms with Crippen LogP contribution in [0.15, 0.2) is 23.7 Å². The predicted molar refractivity (Wildman–Crippen MR) is 162 cm³/mol. The fourth-order valence-corrected chi connectivity index (χ4v) is 5.89. The monoisotopic (exact) mass is 614 g/mol. The van der Waals surface area contributed by atoms with Crippen LogP contribution in [0.5, 0.6) is 0 Å². The Morgan fingerprint density at radius 3 is 2.57 bits per heavy atom. The van der Waals surface area contributed by atoms with E-state index in [2.05, 4.69) is 31.0 Å². The molecule has 2 unspecified atom stereocenters. The van der Waals surface area contributed by atoms with Crippen LogP contribution in [0, 0.1) is 5.92 Å². The van der Waals surface area contributed by atoms with E-state index in [4.69, 9.17) is 10.6 Å². The fraction of sp³-hybridized carbons (Fsp3) is 0.690. The summed E-state index contributed by atoms with van der Waals surface area (Å²) in [5.41, 5.74) is 0.182. The summed E-state index contributed by atoms with van der Waals surface area (Å²) < 4.78 is 5.77. The number of hydrogen-bond acceptors (Lipinski definition) is 10. The zero-order valence-corrected chi connectivity index (χ0v) is 25.7. The number of nitrogens with zero attached hydrogens (tertiary/aromatic N) is 6. The van der Waals surface area contributed by atoms with E-state index < -0.39 is 11.9 Å². The van der Waals surface area contributed by atoms with E-state index in [1.165, 1.54) is 18.6 Å². The third kappa shape index (κ3) is 10.4. The molecule has 242 valence electrons. The topological polar surface area (TPSA) is 187 Å². The molecule has 2 aliphatic heterocycles. The number of hydrogen-bond donors (Lipinski definition) is 4. The second-order valence-corrected chi connectivity index (χ2v) is 12.0. The number of nitrogens with one attached hydrogen (secondary N) is 3. The van der Waals surface area contributed by atoms with E-state index in [9.17, 15) is 19.2 Å². The van der Waals surface area contributed by atoms with Gasteiger partial charge < -0.3 is 36.3 Å². The number of ether oxygens (including phenoxy) is 1. The van der Waals surface area contributed by atoms with Crippen LogP contribution in [0.25, 0.3) is 0 Å². The van der Waals surface area contributed by atoms with Crippen molar-refractivity contribution in [1.29, 1.82) is 0 Å². The first kappa shape index (κ1) is 33.1. The third-order valence-corrected chi connectivity index (χ3v) is 7.96. The lowest BCUT2D eigenvalue weighted by Gasteiger charge is -2.35. The van der Waals surface area contributed by atoms with Gasteiger partial charge in [-0.15, -0.1) is 0 Å². The van der Waals surface area contributed by atoms with Crippen molar-refractivity contribution >= 4 is 30.0 Å². The minimum Gasteiger partial charge on any atom is -0.373 e. The smallest absolute Gasteiger partial charge is 0.271 e. The minimum absolute atomic E-state index is 0.00300. The van der Waals surface area contributed by atoms with Gasteiger partial charge in [0.05, 0.1) is 31.4 Å². The SMILES string of the molecule is CC1CN(CC(=O)NC(CC(=O)NC[C@@H]2CCCN(C=NN)C2)C(=O)N(CCNC(=O)c2cnccn2)C2CC2)C[C@H](C)O1. The molecule has 1 saturated carbocycles. The number of morpholine rings is 1. The average molecular weight is 615 g/mol. The number of carbonyl (C=O) groups is 4. The van der Waals surface area contributed by atoms with E-state index in [0.717, 1.165) is 38.8 Å². The van der Waals surface area contributed by atoms with Crippen LogP contribution in [0.3, 0.4) is 0 Å². The highest BCUT2D eigenvalue weighted by molar-refractivity contribution is 5.93. The minimum atomic E-state index is -1.04. The number of likely N-dealkylation sites (tertiary alicyclic amines) is 1. The van der Waals surface area contributed by atoms with E-state index in [0.29, 0.717) is 19.6 Å². The summed E-state index contributed by atoms with van der Waals surface area (Å²) in [7, 11) is 0. The van der Waals surface area contributed by atoms with Crippen molar-refractivity contribution in [3.8, 4) is 0 Å². The maximum absolute atomic E-state index is 13.9. The molecule has 15 heteroatoms. The standard InChI is InChI=1S/C29H46N10O5/c1-20-15-38(16-21(2)44-20)18-27(41)36-24(12-26(40)34-13-22-4-3-10-37(17-22)19-35-30)29(43)39(23-5-6-23)11-9-33-28(42)25-14-31-7-8-32-25/h7-8,14,19-24H,3-6,9-13,15-18,30H2,1-2H3,(H,33,42)(H,34,40)(H,36,41)/t20-,21?,22-,24?/m0/s1. The van der Waals surface area contributed by atoms with Gasteiger partial charge in [-0.05, 0) is 45.4 Å². The van der Waals surface area contributed by atoms with Crippen LogP contribution in [0.1, 0.15) is 56.4 Å². The molecule has 3 fully saturated rings. The Hall–Kier alpha value is -3.85. The van der Waals surface area contributed by atoms with E-state index in [1.54, 1.807) is 11.2 Å². The molecule has 1 aromatic rings. The Kier molecular flexibility index (Phi) is 12.2. The first-order chi connectivity index (χ1) is 21.2. The predicted octanol–water partition coefficient (Wildman–Crippen LogP) is -1.09. The Morgan fingerprint density at radius 2 is 1.89 bits per heavy atom. The lowest BCUT2D eigenvalue weighted by atomic mass is 9.98. The fourth-order valence-electron chi connectivity index (χ4n) is 5.89. The highest BCUT2D eigenvalue weighted by Gasteiger charge is 2.37. The van der Waals surface area contributed by atoms with Gasteiger partial charge in [0.1, 0.15) is 18.1 Å². The van der Waals surface area contributed by atoms with E-state index in [1.807, 2.05) is 23.6 Å². The zero-order valence-electron chi connectivity index (χ0n) is 25.7. The van der Waals surface area contributed by atoms with Crippen LogP contribution >= 0.6 is 0 Å². The van der Waals surface area contributed by atoms with Crippen LogP contribution < -0.4 is 21.8 Å². The quantitative estimate of drug-likeness (QED) is 0.0868. The van der Waals surface area contributed by atoms with E-state index >= 15 is 0 Å². The molecule has 3 aliphatic rings. The number of hydrazone groups is 1. The second-order valence-electron chi connectivity index (χ2n) is 12.0. The zero-order chi connectivity index (χ0) is 31.5. The Balaban J connectivity index is 1.37. The number of carbonyl (C=O) groups excluding carboxylic acids is 4. The molecule has 4 atom stereocenters. The van der Waals surface area contributed by atoms with Gasteiger partial charge in [0.25, 0.3) is 5.91 Å². The normalized spacial score (nSPS) is 23.1. The van der Waals surface area contributed by atoms with Gasteiger partial charge in [-0.1, -0.05) is 0 Å². The van der Waals surface area contributed by atoms with E-state index in [-0.39, 0.29) is 73.6 Å². The van der Waals surface area contributed by atoms with Gasteiger partial charge in [0.2, 0.25) is 17.7 Å². The molecule has 44 heavy (non-hydrogen) atoms. The lowest BCUT2D eigenvalue weighted by Crippen LogP contribution is -2.55. The van der Waals surface area contributed by atoms with Crippen molar-refractivity contribution < 1.29 is 23.9 Å². The molecule has 3 heterocycles. The molecule has 2 saturated heterocycles. The molecule has 0 bridgehead atoms.